The third-order valence-corrected chi connectivity index (χ3v) is 3.26. The van der Waals surface area contributed by atoms with E-state index in [0.717, 1.165) is 36.5 Å². The van der Waals surface area contributed by atoms with Gasteiger partial charge in [-0.1, -0.05) is 13.8 Å². The van der Waals surface area contributed by atoms with Crippen LogP contribution in [0.2, 0.25) is 0 Å². The van der Waals surface area contributed by atoms with Crippen molar-refractivity contribution in [2.75, 3.05) is 20.2 Å². The molecule has 0 bridgehead atoms. The summed E-state index contributed by atoms with van der Waals surface area (Å²) in [6.07, 6.45) is 4.27. The summed E-state index contributed by atoms with van der Waals surface area (Å²) < 4.78 is 7.49. The van der Waals surface area contributed by atoms with Crippen LogP contribution >= 0.6 is 0 Å². The van der Waals surface area contributed by atoms with Crippen LogP contribution in [0.4, 0.5) is 0 Å². The van der Waals surface area contributed by atoms with Gasteiger partial charge < -0.3 is 9.30 Å². The average Bonchev–Trinajstić information content (AvgIpc) is 2.82. The van der Waals surface area contributed by atoms with Gasteiger partial charge in [0.25, 0.3) is 0 Å². The molecule has 0 aliphatic rings. The Morgan fingerprint density at radius 3 is 2.58 bits per heavy atom. The number of rotatable bonds is 7. The minimum absolute atomic E-state index is 0.881. The van der Waals surface area contributed by atoms with E-state index in [0.29, 0.717) is 0 Å². The predicted octanol–water partition coefficient (Wildman–Crippen LogP) is 3.12. The highest BCUT2D eigenvalue weighted by Gasteiger charge is 2.08. The minimum atomic E-state index is 0.881. The van der Waals surface area contributed by atoms with Crippen LogP contribution in [0.1, 0.15) is 26.7 Å². The van der Waals surface area contributed by atoms with Crippen molar-refractivity contribution in [3.63, 3.8) is 0 Å². The van der Waals surface area contributed by atoms with Crippen molar-refractivity contribution in [2.45, 2.75) is 33.4 Å². The second-order valence-corrected chi connectivity index (χ2v) is 4.83. The van der Waals surface area contributed by atoms with Gasteiger partial charge in [0.1, 0.15) is 5.75 Å². The van der Waals surface area contributed by atoms with Crippen molar-refractivity contribution in [1.82, 2.24) is 14.5 Å². The zero-order valence-corrected chi connectivity index (χ0v) is 12.1. The largest absolute Gasteiger partial charge is 0.497 e. The summed E-state index contributed by atoms with van der Waals surface area (Å²) in [6.45, 7) is 7.58. The van der Waals surface area contributed by atoms with Crippen LogP contribution < -0.4 is 4.74 Å². The number of methoxy groups -OCH3 is 1. The quantitative estimate of drug-likeness (QED) is 0.767. The maximum atomic E-state index is 5.29. The minimum Gasteiger partial charge on any atom is -0.497 e. The molecule has 19 heavy (non-hydrogen) atoms. The number of aromatic nitrogens is 2. The van der Waals surface area contributed by atoms with Gasteiger partial charge >= 0.3 is 0 Å². The molecule has 0 aliphatic carbocycles. The molecule has 1 heterocycles. The molecule has 0 fully saturated rings. The Hall–Kier alpha value is -1.55. The Kier molecular flexibility index (Phi) is 4.80. The van der Waals surface area contributed by atoms with Gasteiger partial charge in [-0.05, 0) is 38.1 Å². The lowest BCUT2D eigenvalue weighted by Gasteiger charge is -2.21. The maximum absolute atomic E-state index is 5.29. The molecule has 0 saturated heterocycles. The van der Waals surface area contributed by atoms with Crippen molar-refractivity contribution >= 4 is 11.0 Å². The fourth-order valence-electron chi connectivity index (χ4n) is 2.38. The molecule has 0 amide bonds. The lowest BCUT2D eigenvalue weighted by atomic mass is 10.3. The number of fused-ring (bicyclic) bond motifs is 1. The van der Waals surface area contributed by atoms with Crippen LogP contribution in [0.25, 0.3) is 11.0 Å². The third kappa shape index (κ3) is 3.26. The highest BCUT2D eigenvalue weighted by molar-refractivity contribution is 5.76. The van der Waals surface area contributed by atoms with Gasteiger partial charge in [-0.2, -0.15) is 0 Å². The molecule has 0 spiro atoms. The molecule has 4 nitrogen and oxygen atoms in total. The molecule has 0 aliphatic heterocycles. The second kappa shape index (κ2) is 6.57. The predicted molar refractivity (Wildman–Crippen MR) is 78.4 cm³/mol. The van der Waals surface area contributed by atoms with Crippen molar-refractivity contribution in [2.24, 2.45) is 0 Å². The van der Waals surface area contributed by atoms with Crippen molar-refractivity contribution in [3.05, 3.63) is 24.5 Å². The van der Waals surface area contributed by atoms with Crippen molar-refractivity contribution in [3.8, 4) is 5.75 Å². The fourth-order valence-corrected chi connectivity index (χ4v) is 2.38. The molecule has 1 aromatic heterocycles. The molecule has 0 radical (unpaired) electrons. The Morgan fingerprint density at radius 1 is 1.21 bits per heavy atom. The van der Waals surface area contributed by atoms with Gasteiger partial charge in [0.15, 0.2) is 0 Å². The van der Waals surface area contributed by atoms with E-state index >= 15 is 0 Å². The van der Waals surface area contributed by atoms with Crippen LogP contribution in [-0.2, 0) is 6.67 Å². The third-order valence-electron chi connectivity index (χ3n) is 3.26. The molecule has 0 saturated carbocycles. The Bertz CT molecular complexity index is 515. The van der Waals surface area contributed by atoms with Gasteiger partial charge in [-0.25, -0.2) is 4.98 Å². The molecule has 104 valence electrons. The fraction of sp³-hybridized carbons (Fsp3) is 0.533. The van der Waals surface area contributed by atoms with Gasteiger partial charge in [0.2, 0.25) is 0 Å². The maximum Gasteiger partial charge on any atom is 0.121 e. The highest BCUT2D eigenvalue weighted by atomic mass is 16.5. The molecule has 0 N–H and O–H groups in total. The van der Waals surface area contributed by atoms with Crippen LogP contribution in [-0.4, -0.2) is 34.7 Å². The summed E-state index contributed by atoms with van der Waals surface area (Å²) >= 11 is 0. The normalized spacial score (nSPS) is 11.4. The highest BCUT2D eigenvalue weighted by Crippen LogP contribution is 2.20. The van der Waals surface area contributed by atoms with Gasteiger partial charge in [0, 0.05) is 6.07 Å². The van der Waals surface area contributed by atoms with E-state index in [1.54, 1.807) is 7.11 Å². The monoisotopic (exact) mass is 261 g/mol. The van der Waals surface area contributed by atoms with E-state index in [2.05, 4.69) is 34.4 Å². The van der Waals surface area contributed by atoms with Gasteiger partial charge in [0.05, 0.1) is 31.1 Å². The molecule has 1 aromatic carbocycles. The Balaban J connectivity index is 2.23. The topological polar surface area (TPSA) is 30.3 Å². The number of imidazole rings is 1. The Labute approximate surface area is 115 Å². The van der Waals surface area contributed by atoms with E-state index in [4.69, 9.17) is 4.74 Å². The standard InChI is InChI=1S/C15H23N3O/c1-4-8-17(9-5-2)12-18-11-16-14-7-6-13(19-3)10-15(14)18/h6-7,10-11H,4-5,8-9,12H2,1-3H3. The number of ether oxygens (including phenoxy) is 1. The van der Waals surface area contributed by atoms with Crippen LogP contribution in [0.3, 0.4) is 0 Å². The first-order valence-electron chi connectivity index (χ1n) is 6.99. The average molecular weight is 261 g/mol. The first-order valence-corrected chi connectivity index (χ1v) is 6.99. The number of hydrogen-bond acceptors (Lipinski definition) is 3. The molecular formula is C15H23N3O. The number of benzene rings is 1. The van der Waals surface area contributed by atoms with Crippen LogP contribution in [0.15, 0.2) is 24.5 Å². The van der Waals surface area contributed by atoms with E-state index in [-0.39, 0.29) is 0 Å². The van der Waals surface area contributed by atoms with E-state index < -0.39 is 0 Å². The molecular weight excluding hydrogens is 238 g/mol. The molecule has 2 rings (SSSR count). The first kappa shape index (κ1) is 13.9. The Morgan fingerprint density at radius 2 is 1.95 bits per heavy atom. The SMILES string of the molecule is CCCN(CCC)Cn1cnc2ccc(OC)cc21. The molecule has 4 heteroatoms. The summed E-state index contributed by atoms with van der Waals surface area (Å²) in [5.41, 5.74) is 2.16. The lowest BCUT2D eigenvalue weighted by molar-refractivity contribution is 0.222. The molecule has 0 unspecified atom stereocenters. The summed E-state index contributed by atoms with van der Waals surface area (Å²) in [5.74, 6) is 0.881. The number of hydrogen-bond donors (Lipinski definition) is 0. The smallest absolute Gasteiger partial charge is 0.121 e. The first-order chi connectivity index (χ1) is 9.28. The lowest BCUT2D eigenvalue weighted by Crippen LogP contribution is -2.27. The van der Waals surface area contributed by atoms with Gasteiger partial charge in [-0.3, -0.25) is 4.90 Å². The van der Waals surface area contributed by atoms with E-state index in [1.807, 2.05) is 18.5 Å². The summed E-state index contributed by atoms with van der Waals surface area (Å²) in [7, 11) is 1.70. The van der Waals surface area contributed by atoms with E-state index in [9.17, 15) is 0 Å². The summed E-state index contributed by atoms with van der Waals surface area (Å²) in [5, 5.41) is 0. The zero-order valence-electron chi connectivity index (χ0n) is 12.1. The van der Waals surface area contributed by atoms with Crippen LogP contribution in [0, 0.1) is 0 Å². The van der Waals surface area contributed by atoms with Gasteiger partial charge in [-0.15, -0.1) is 0 Å². The summed E-state index contributed by atoms with van der Waals surface area (Å²) in [4.78, 5) is 6.91. The van der Waals surface area contributed by atoms with E-state index in [1.165, 1.54) is 12.8 Å². The molecule has 2 aromatic rings. The van der Waals surface area contributed by atoms with Crippen molar-refractivity contribution in [1.29, 1.82) is 0 Å². The zero-order chi connectivity index (χ0) is 13.7. The molecule has 0 atom stereocenters. The van der Waals surface area contributed by atoms with Crippen LogP contribution in [0.5, 0.6) is 5.75 Å². The number of nitrogens with zero attached hydrogens (tertiary/aromatic N) is 3. The second-order valence-electron chi connectivity index (χ2n) is 4.83. The van der Waals surface area contributed by atoms with Crippen molar-refractivity contribution < 1.29 is 4.74 Å². The summed E-state index contributed by atoms with van der Waals surface area (Å²) in [6, 6.07) is 6.02.